The lowest BCUT2D eigenvalue weighted by Crippen LogP contribution is -2.35. The minimum Gasteiger partial charge on any atom is -0.371 e. The Morgan fingerprint density at radius 3 is 2.35 bits per heavy atom. The van der Waals surface area contributed by atoms with Crippen LogP contribution in [0.2, 0.25) is 0 Å². The number of hydrogen-bond acceptors (Lipinski definition) is 3. The van der Waals surface area contributed by atoms with Crippen LogP contribution in [-0.2, 0) is 12.6 Å². The summed E-state index contributed by atoms with van der Waals surface area (Å²) in [7, 11) is 0. The minimum atomic E-state index is -4.55. The molecule has 1 saturated heterocycles. The van der Waals surface area contributed by atoms with Crippen molar-refractivity contribution < 1.29 is 22.8 Å². The summed E-state index contributed by atoms with van der Waals surface area (Å²) in [5.41, 5.74) is 1.64. The van der Waals surface area contributed by atoms with E-state index < -0.39 is 17.6 Å². The van der Waals surface area contributed by atoms with Gasteiger partial charge in [0.2, 0.25) is 0 Å². The highest BCUT2D eigenvalue weighted by atomic mass is 19.4. The summed E-state index contributed by atoms with van der Waals surface area (Å²) >= 11 is 0. The third-order valence-electron chi connectivity index (χ3n) is 6.62. The lowest BCUT2D eigenvalue weighted by Gasteiger charge is -2.33. The Kier molecular flexibility index (Phi) is 8.16. The molecule has 0 saturated carbocycles. The second kappa shape index (κ2) is 11.5. The third-order valence-corrected chi connectivity index (χ3v) is 6.62. The van der Waals surface area contributed by atoms with Crippen LogP contribution < -0.4 is 15.5 Å². The number of nitrogens with one attached hydrogen (secondary N) is 2. The molecular weight excluding hydrogens is 479 g/mol. The minimum absolute atomic E-state index is 0.113. The Hall–Kier alpha value is -3.81. The van der Waals surface area contributed by atoms with Crippen molar-refractivity contribution in [3.8, 4) is 0 Å². The van der Waals surface area contributed by atoms with Gasteiger partial charge in [0.05, 0.1) is 11.1 Å². The fourth-order valence-electron chi connectivity index (χ4n) is 4.42. The largest absolute Gasteiger partial charge is 0.416 e. The van der Waals surface area contributed by atoms with Crippen LogP contribution in [0.15, 0.2) is 72.8 Å². The number of amides is 2. The Balaban J connectivity index is 1.54. The molecule has 2 amide bonds. The van der Waals surface area contributed by atoms with Crippen molar-refractivity contribution in [1.82, 2.24) is 5.32 Å². The Labute approximate surface area is 214 Å². The summed E-state index contributed by atoms with van der Waals surface area (Å²) in [5, 5.41) is 5.62. The highest BCUT2D eigenvalue weighted by Crippen LogP contribution is 2.31. The first-order valence-electron chi connectivity index (χ1n) is 12.4. The summed E-state index contributed by atoms with van der Waals surface area (Å²) in [6.45, 7) is 4.30. The molecule has 0 radical (unpaired) electrons. The molecule has 37 heavy (non-hydrogen) atoms. The quantitative estimate of drug-likeness (QED) is 0.401. The van der Waals surface area contributed by atoms with Gasteiger partial charge in [0.15, 0.2) is 0 Å². The van der Waals surface area contributed by atoms with Gasteiger partial charge >= 0.3 is 6.18 Å². The van der Waals surface area contributed by atoms with E-state index in [0.717, 1.165) is 49.3 Å². The molecule has 0 aliphatic carbocycles. The van der Waals surface area contributed by atoms with E-state index in [-0.39, 0.29) is 11.5 Å². The van der Waals surface area contributed by atoms with Gasteiger partial charge in [0.1, 0.15) is 0 Å². The fraction of sp³-hybridized carbons (Fsp3) is 0.310. The van der Waals surface area contributed by atoms with Crippen LogP contribution in [0.4, 0.5) is 24.5 Å². The van der Waals surface area contributed by atoms with E-state index >= 15 is 0 Å². The molecule has 1 fully saturated rings. The molecule has 1 heterocycles. The first-order chi connectivity index (χ1) is 17.7. The zero-order valence-electron chi connectivity index (χ0n) is 20.6. The molecule has 0 spiro atoms. The van der Waals surface area contributed by atoms with Gasteiger partial charge < -0.3 is 15.5 Å². The predicted molar refractivity (Wildman–Crippen MR) is 139 cm³/mol. The molecule has 4 rings (SSSR count). The first-order valence-corrected chi connectivity index (χ1v) is 12.4. The van der Waals surface area contributed by atoms with Gasteiger partial charge in [-0.25, -0.2) is 0 Å². The maximum atomic E-state index is 13.3. The molecule has 5 nitrogen and oxygen atoms in total. The molecule has 2 N–H and O–H groups in total. The van der Waals surface area contributed by atoms with E-state index in [1.807, 2.05) is 30.3 Å². The highest BCUT2D eigenvalue weighted by Gasteiger charge is 2.31. The average Bonchev–Trinajstić information content (AvgIpc) is 2.89. The van der Waals surface area contributed by atoms with Gasteiger partial charge in [-0.1, -0.05) is 43.3 Å². The van der Waals surface area contributed by atoms with Gasteiger partial charge in [-0.05, 0) is 67.1 Å². The van der Waals surface area contributed by atoms with E-state index in [1.54, 1.807) is 18.2 Å². The smallest absolute Gasteiger partial charge is 0.371 e. The maximum absolute atomic E-state index is 13.3. The summed E-state index contributed by atoms with van der Waals surface area (Å²) in [6.07, 6.45) is -1.84. The summed E-state index contributed by atoms with van der Waals surface area (Å²) in [4.78, 5) is 28.2. The third kappa shape index (κ3) is 6.90. The van der Waals surface area contributed by atoms with Crippen LogP contribution in [-0.4, -0.2) is 31.4 Å². The van der Waals surface area contributed by atoms with Gasteiger partial charge in [-0.3, -0.25) is 9.59 Å². The molecule has 0 aromatic heterocycles. The number of carbonyl (C=O) groups is 2. The summed E-state index contributed by atoms with van der Waals surface area (Å²) in [6, 6.07) is 19.2. The van der Waals surface area contributed by atoms with Gasteiger partial charge in [0.25, 0.3) is 11.8 Å². The van der Waals surface area contributed by atoms with E-state index in [1.165, 1.54) is 12.1 Å². The number of benzene rings is 3. The molecule has 3 aromatic rings. The standard InChI is InChI=1S/C29H30F3N3O2/c1-20-13-16-35(17-14-20)26-11-10-24(34-27(36)22-8-5-9-23(18-22)29(30,31)32)19-25(26)28(37)33-15-12-21-6-3-2-4-7-21/h2-11,18-20H,12-17H2,1H3,(H,33,37)(H,34,36). The predicted octanol–water partition coefficient (Wildman–Crippen LogP) is 6.17. The first kappa shape index (κ1) is 26.3. The number of rotatable bonds is 7. The Bertz CT molecular complexity index is 1240. The van der Waals surface area contributed by atoms with Crippen LogP contribution in [0, 0.1) is 5.92 Å². The molecule has 3 aromatic carbocycles. The summed E-state index contributed by atoms with van der Waals surface area (Å²) in [5.74, 6) is -0.328. The number of carbonyl (C=O) groups excluding carboxylic acids is 2. The monoisotopic (exact) mass is 509 g/mol. The van der Waals surface area contributed by atoms with Crippen LogP contribution in [0.25, 0.3) is 0 Å². The number of alkyl halides is 3. The molecular formula is C29H30F3N3O2. The number of anilines is 2. The van der Waals surface area contributed by atoms with E-state index in [0.29, 0.717) is 30.1 Å². The van der Waals surface area contributed by atoms with E-state index in [9.17, 15) is 22.8 Å². The molecule has 0 unspecified atom stereocenters. The second-order valence-electron chi connectivity index (χ2n) is 9.43. The molecule has 1 aliphatic heterocycles. The molecule has 0 atom stereocenters. The zero-order chi connectivity index (χ0) is 26.4. The van der Waals surface area contributed by atoms with Crippen molar-refractivity contribution in [3.63, 3.8) is 0 Å². The normalized spacial score (nSPS) is 14.3. The molecule has 8 heteroatoms. The number of halogens is 3. The number of piperidine rings is 1. The van der Waals surface area contributed by atoms with Gasteiger partial charge in [-0.2, -0.15) is 13.2 Å². The lowest BCUT2D eigenvalue weighted by atomic mass is 9.97. The van der Waals surface area contributed by atoms with Crippen LogP contribution in [0.3, 0.4) is 0 Å². The summed E-state index contributed by atoms with van der Waals surface area (Å²) < 4.78 is 39.2. The maximum Gasteiger partial charge on any atom is 0.416 e. The second-order valence-corrected chi connectivity index (χ2v) is 9.43. The Morgan fingerprint density at radius 1 is 0.919 bits per heavy atom. The SMILES string of the molecule is CC1CCN(c2ccc(NC(=O)c3cccc(C(F)(F)F)c3)cc2C(=O)NCCc2ccccc2)CC1. The van der Waals surface area contributed by atoms with Crippen molar-refractivity contribution in [3.05, 3.63) is 95.1 Å². The van der Waals surface area contributed by atoms with Crippen molar-refractivity contribution >= 4 is 23.2 Å². The highest BCUT2D eigenvalue weighted by molar-refractivity contribution is 6.06. The fourth-order valence-corrected chi connectivity index (χ4v) is 4.42. The van der Waals surface area contributed by atoms with Crippen molar-refractivity contribution in [2.75, 3.05) is 29.9 Å². The number of nitrogens with zero attached hydrogens (tertiary/aromatic N) is 1. The van der Waals surface area contributed by atoms with Gasteiger partial charge in [0, 0.05) is 36.6 Å². The van der Waals surface area contributed by atoms with Crippen molar-refractivity contribution in [2.24, 2.45) is 5.92 Å². The molecule has 1 aliphatic rings. The Morgan fingerprint density at radius 2 is 1.65 bits per heavy atom. The van der Waals surface area contributed by atoms with Crippen LogP contribution in [0.1, 0.15) is 51.6 Å². The van der Waals surface area contributed by atoms with Crippen LogP contribution >= 0.6 is 0 Å². The van der Waals surface area contributed by atoms with E-state index in [4.69, 9.17) is 0 Å². The lowest BCUT2D eigenvalue weighted by molar-refractivity contribution is -0.137. The van der Waals surface area contributed by atoms with Crippen molar-refractivity contribution in [1.29, 1.82) is 0 Å². The van der Waals surface area contributed by atoms with Crippen molar-refractivity contribution in [2.45, 2.75) is 32.4 Å². The zero-order valence-corrected chi connectivity index (χ0v) is 20.6. The number of hydrogen-bond donors (Lipinski definition) is 2. The molecule has 194 valence electrons. The van der Waals surface area contributed by atoms with Crippen LogP contribution in [0.5, 0.6) is 0 Å². The van der Waals surface area contributed by atoms with E-state index in [2.05, 4.69) is 22.5 Å². The topological polar surface area (TPSA) is 61.4 Å². The molecule has 0 bridgehead atoms. The van der Waals surface area contributed by atoms with Gasteiger partial charge in [-0.15, -0.1) is 0 Å². The average molecular weight is 510 g/mol.